The summed E-state index contributed by atoms with van der Waals surface area (Å²) in [5, 5.41) is 16.6. The lowest BCUT2D eigenvalue weighted by atomic mass is 10.2. The maximum atomic E-state index is 10.4. The van der Waals surface area contributed by atoms with Crippen LogP contribution in [-0.4, -0.2) is 54.9 Å². The molecule has 7 nitrogen and oxygen atoms in total. The Labute approximate surface area is 129 Å². The molecule has 1 N–H and O–H groups in total. The summed E-state index contributed by atoms with van der Waals surface area (Å²) in [6, 6.07) is 0. The summed E-state index contributed by atoms with van der Waals surface area (Å²) in [5.74, 6) is 0.432. The van der Waals surface area contributed by atoms with Gasteiger partial charge in [0.05, 0.1) is 5.69 Å². The third kappa shape index (κ3) is 7.72. The van der Waals surface area contributed by atoms with Gasteiger partial charge in [-0.3, -0.25) is 15.1 Å². The molecule has 0 aliphatic carbocycles. The van der Waals surface area contributed by atoms with Crippen molar-refractivity contribution < 1.29 is 4.92 Å². The molecule has 0 amide bonds. The molecule has 0 aromatic carbocycles. The number of nitrogens with zero attached hydrogens (tertiary/aromatic N) is 4. The molecule has 21 heavy (non-hydrogen) atoms. The Morgan fingerprint density at radius 3 is 2.90 bits per heavy atom. The summed E-state index contributed by atoms with van der Waals surface area (Å²) in [6.07, 6.45) is 2.89. The fourth-order valence-electron chi connectivity index (χ4n) is 1.80. The van der Waals surface area contributed by atoms with E-state index in [-0.39, 0.29) is 11.5 Å². The SMILES string of the molecule is CN=C(C[N+](=O)[O-])NCCCCc1csc(CN(C)C)n1. The van der Waals surface area contributed by atoms with Crippen LogP contribution in [0.1, 0.15) is 23.5 Å². The van der Waals surface area contributed by atoms with Crippen molar-refractivity contribution in [1.82, 2.24) is 15.2 Å². The smallest absolute Gasteiger partial charge is 0.259 e. The fourth-order valence-corrected chi connectivity index (χ4v) is 2.74. The molecule has 1 heterocycles. The van der Waals surface area contributed by atoms with E-state index in [0.717, 1.165) is 36.5 Å². The molecule has 118 valence electrons. The van der Waals surface area contributed by atoms with Crippen LogP contribution in [0.2, 0.25) is 0 Å². The Morgan fingerprint density at radius 2 is 2.29 bits per heavy atom. The summed E-state index contributed by atoms with van der Waals surface area (Å²) in [7, 11) is 5.63. The lowest BCUT2D eigenvalue weighted by molar-refractivity contribution is -0.463. The van der Waals surface area contributed by atoms with E-state index in [4.69, 9.17) is 0 Å². The molecule has 0 saturated carbocycles. The van der Waals surface area contributed by atoms with Gasteiger partial charge in [-0.15, -0.1) is 11.3 Å². The van der Waals surface area contributed by atoms with Gasteiger partial charge in [-0.05, 0) is 33.4 Å². The number of nitro groups is 1. The first-order chi connectivity index (χ1) is 10.0. The van der Waals surface area contributed by atoms with Gasteiger partial charge in [0.1, 0.15) is 5.01 Å². The Hall–Kier alpha value is -1.54. The maximum Gasteiger partial charge on any atom is 0.259 e. The number of rotatable bonds is 9. The largest absolute Gasteiger partial charge is 0.368 e. The van der Waals surface area contributed by atoms with Gasteiger partial charge in [0, 0.05) is 30.4 Å². The molecule has 0 fully saturated rings. The number of aryl methyl sites for hydroxylation is 1. The van der Waals surface area contributed by atoms with E-state index >= 15 is 0 Å². The number of aliphatic imine (C=N–C) groups is 1. The van der Waals surface area contributed by atoms with Crippen molar-refractivity contribution in [2.75, 3.05) is 34.2 Å². The van der Waals surface area contributed by atoms with Crippen molar-refractivity contribution in [2.45, 2.75) is 25.8 Å². The second kappa shape index (κ2) is 9.41. The van der Waals surface area contributed by atoms with E-state index < -0.39 is 0 Å². The molecule has 8 heteroatoms. The lowest BCUT2D eigenvalue weighted by Crippen LogP contribution is -2.31. The minimum absolute atomic E-state index is 0.240. The molecule has 1 rings (SSSR count). The van der Waals surface area contributed by atoms with Crippen LogP contribution in [0.15, 0.2) is 10.4 Å². The first kappa shape index (κ1) is 17.5. The highest BCUT2D eigenvalue weighted by molar-refractivity contribution is 7.09. The van der Waals surface area contributed by atoms with Gasteiger partial charge in [-0.1, -0.05) is 0 Å². The first-order valence-electron chi connectivity index (χ1n) is 6.90. The summed E-state index contributed by atoms with van der Waals surface area (Å²) in [6.45, 7) is 1.34. The minimum Gasteiger partial charge on any atom is -0.368 e. The van der Waals surface area contributed by atoms with Crippen molar-refractivity contribution in [2.24, 2.45) is 4.99 Å². The van der Waals surface area contributed by atoms with E-state index in [1.807, 2.05) is 14.1 Å². The lowest BCUT2D eigenvalue weighted by Gasteiger charge is -2.06. The van der Waals surface area contributed by atoms with E-state index in [1.54, 1.807) is 18.4 Å². The van der Waals surface area contributed by atoms with Gasteiger partial charge >= 0.3 is 0 Å². The average Bonchev–Trinajstić information content (AvgIpc) is 2.83. The van der Waals surface area contributed by atoms with Crippen molar-refractivity contribution in [1.29, 1.82) is 0 Å². The number of thiazole rings is 1. The van der Waals surface area contributed by atoms with Gasteiger partial charge in [0.2, 0.25) is 0 Å². The number of aromatic nitrogens is 1. The Kier molecular flexibility index (Phi) is 7.84. The molecular formula is C13H23N5O2S. The molecule has 1 aromatic rings. The van der Waals surface area contributed by atoms with Gasteiger partial charge < -0.3 is 10.2 Å². The molecule has 0 radical (unpaired) electrons. The van der Waals surface area contributed by atoms with Crippen LogP contribution >= 0.6 is 11.3 Å². The standard InChI is InChI=1S/C13H23N5O2S/c1-14-12(8-18(19)20)15-7-5-4-6-11-10-21-13(16-11)9-17(2)3/h10H,4-9H2,1-3H3,(H,14,15). The third-order valence-corrected chi connectivity index (χ3v) is 3.67. The first-order valence-corrected chi connectivity index (χ1v) is 7.78. The molecule has 0 unspecified atom stereocenters. The second-order valence-corrected chi connectivity index (χ2v) is 5.96. The molecule has 0 aliphatic rings. The molecular weight excluding hydrogens is 290 g/mol. The van der Waals surface area contributed by atoms with Gasteiger partial charge in [-0.25, -0.2) is 4.98 Å². The van der Waals surface area contributed by atoms with Crippen LogP contribution in [-0.2, 0) is 13.0 Å². The second-order valence-electron chi connectivity index (χ2n) is 5.02. The minimum atomic E-state index is -0.378. The highest BCUT2D eigenvalue weighted by Gasteiger charge is 2.06. The van der Waals surface area contributed by atoms with Crippen LogP contribution in [0.25, 0.3) is 0 Å². The predicted octanol–water partition coefficient (Wildman–Crippen LogP) is 1.42. The summed E-state index contributed by atoms with van der Waals surface area (Å²) >= 11 is 1.69. The van der Waals surface area contributed by atoms with Crippen LogP contribution in [0.4, 0.5) is 0 Å². The zero-order chi connectivity index (χ0) is 15.7. The molecule has 0 bridgehead atoms. The van der Waals surface area contributed by atoms with E-state index in [2.05, 4.69) is 25.6 Å². The van der Waals surface area contributed by atoms with Crippen LogP contribution < -0.4 is 5.32 Å². The van der Waals surface area contributed by atoms with Crippen molar-refractivity contribution >= 4 is 17.2 Å². The average molecular weight is 313 g/mol. The highest BCUT2D eigenvalue weighted by Crippen LogP contribution is 2.13. The van der Waals surface area contributed by atoms with E-state index in [9.17, 15) is 10.1 Å². The zero-order valence-electron chi connectivity index (χ0n) is 12.8. The van der Waals surface area contributed by atoms with Crippen molar-refractivity contribution in [3.63, 3.8) is 0 Å². The summed E-state index contributed by atoms with van der Waals surface area (Å²) in [5.41, 5.74) is 1.13. The number of nitrogens with one attached hydrogen (secondary N) is 1. The summed E-state index contributed by atoms with van der Waals surface area (Å²) in [4.78, 5) is 20.6. The molecule has 0 saturated heterocycles. The van der Waals surface area contributed by atoms with Gasteiger partial charge in [0.25, 0.3) is 6.54 Å². The Balaban J connectivity index is 2.19. The molecule has 0 atom stereocenters. The van der Waals surface area contributed by atoms with Crippen molar-refractivity contribution in [3.05, 3.63) is 26.2 Å². The monoisotopic (exact) mass is 313 g/mol. The van der Waals surface area contributed by atoms with Crippen LogP contribution in [0, 0.1) is 10.1 Å². The maximum absolute atomic E-state index is 10.4. The number of hydrogen-bond donors (Lipinski definition) is 1. The normalized spacial score (nSPS) is 11.9. The number of unbranched alkanes of at least 4 members (excludes halogenated alkanes) is 1. The Bertz CT molecular complexity index is 473. The molecule has 0 aliphatic heterocycles. The fraction of sp³-hybridized carbons (Fsp3) is 0.692. The van der Waals surface area contributed by atoms with Crippen LogP contribution in [0.3, 0.4) is 0 Å². The quantitative estimate of drug-likeness (QED) is 0.245. The predicted molar refractivity (Wildman–Crippen MR) is 85.7 cm³/mol. The molecule has 0 spiro atoms. The summed E-state index contributed by atoms with van der Waals surface area (Å²) < 4.78 is 0. The number of hydrogen-bond acceptors (Lipinski definition) is 6. The number of amidine groups is 1. The Morgan fingerprint density at radius 1 is 1.52 bits per heavy atom. The van der Waals surface area contributed by atoms with Gasteiger partial charge in [-0.2, -0.15) is 0 Å². The van der Waals surface area contributed by atoms with Gasteiger partial charge in [0.15, 0.2) is 5.84 Å². The van der Waals surface area contributed by atoms with E-state index in [0.29, 0.717) is 12.4 Å². The third-order valence-electron chi connectivity index (χ3n) is 2.79. The molecule has 1 aromatic heterocycles. The van der Waals surface area contributed by atoms with E-state index in [1.165, 1.54) is 0 Å². The van der Waals surface area contributed by atoms with Crippen molar-refractivity contribution in [3.8, 4) is 0 Å². The topological polar surface area (TPSA) is 83.7 Å². The highest BCUT2D eigenvalue weighted by atomic mass is 32.1. The zero-order valence-corrected chi connectivity index (χ0v) is 13.7. The van der Waals surface area contributed by atoms with Crippen LogP contribution in [0.5, 0.6) is 0 Å².